The maximum Gasteiger partial charge on any atom is 0.336 e. The van der Waals surface area contributed by atoms with Gasteiger partial charge in [-0.2, -0.15) is 5.10 Å². The number of para-hydroxylation sites is 1. The van der Waals surface area contributed by atoms with Crippen LogP contribution in [0, 0.1) is 20.8 Å². The highest BCUT2D eigenvalue weighted by atomic mass is 16.4. The van der Waals surface area contributed by atoms with Gasteiger partial charge in [-0.1, -0.05) is 31.5 Å². The average Bonchev–Trinajstić information content (AvgIpc) is 3.16. The second-order valence-electron chi connectivity index (χ2n) is 10.5. The smallest absolute Gasteiger partial charge is 0.336 e. The summed E-state index contributed by atoms with van der Waals surface area (Å²) in [6.07, 6.45) is 2.96. The van der Waals surface area contributed by atoms with Crippen molar-refractivity contribution in [3.05, 3.63) is 46.8 Å². The monoisotopic (exact) mass is 574 g/mol. The van der Waals surface area contributed by atoms with E-state index in [1.54, 1.807) is 0 Å². The molecule has 1 amide bonds. The third kappa shape index (κ3) is 9.98. The second kappa shape index (κ2) is 15.3. The molecule has 0 saturated carbocycles. The van der Waals surface area contributed by atoms with Crippen molar-refractivity contribution in [1.29, 1.82) is 0 Å². The molecule has 226 valence electrons. The minimum Gasteiger partial charge on any atom is -0.481 e. The molecule has 1 fully saturated rings. The van der Waals surface area contributed by atoms with Gasteiger partial charge in [0.15, 0.2) is 5.60 Å². The predicted molar refractivity (Wildman–Crippen MR) is 151 cm³/mol. The molecule has 1 aliphatic rings. The minimum absolute atomic E-state index is 0.0967. The lowest BCUT2D eigenvalue weighted by molar-refractivity contribution is -0.170. The first kappa shape index (κ1) is 33.4. The molecule has 2 heterocycles. The van der Waals surface area contributed by atoms with Gasteiger partial charge in [0.25, 0.3) is 0 Å². The van der Waals surface area contributed by atoms with Crippen molar-refractivity contribution in [3.8, 4) is 5.69 Å². The van der Waals surface area contributed by atoms with Crippen LogP contribution in [0.15, 0.2) is 24.3 Å². The molecule has 1 saturated heterocycles. The Morgan fingerprint density at radius 1 is 0.976 bits per heavy atom. The van der Waals surface area contributed by atoms with Gasteiger partial charge in [0, 0.05) is 23.8 Å². The Balaban J connectivity index is 0.000000383. The van der Waals surface area contributed by atoms with Crippen molar-refractivity contribution in [3.63, 3.8) is 0 Å². The van der Waals surface area contributed by atoms with Crippen LogP contribution in [0.2, 0.25) is 0 Å². The number of aliphatic hydroxyl groups is 1. The molecule has 0 spiro atoms. The highest BCUT2D eigenvalue weighted by Gasteiger charge is 2.40. The van der Waals surface area contributed by atoms with Crippen LogP contribution < -0.4 is 5.32 Å². The number of nitrogens with zero attached hydrogens (tertiary/aromatic N) is 3. The van der Waals surface area contributed by atoms with E-state index in [0.717, 1.165) is 48.7 Å². The largest absolute Gasteiger partial charge is 0.481 e. The van der Waals surface area contributed by atoms with Gasteiger partial charge in [-0.05, 0) is 64.8 Å². The van der Waals surface area contributed by atoms with E-state index < -0.39 is 36.4 Å². The summed E-state index contributed by atoms with van der Waals surface area (Å²) in [5.74, 6) is -4.92. The van der Waals surface area contributed by atoms with Crippen LogP contribution in [0.25, 0.3) is 5.69 Å². The number of carboxylic acids is 3. The van der Waals surface area contributed by atoms with Crippen LogP contribution in [-0.4, -0.2) is 90.2 Å². The minimum atomic E-state index is -2.74. The number of nitrogens with one attached hydrogen (secondary N) is 1. The van der Waals surface area contributed by atoms with E-state index in [0.29, 0.717) is 6.42 Å². The summed E-state index contributed by atoms with van der Waals surface area (Å²) in [6.45, 7) is 11.6. The Bertz CT molecular complexity index is 1200. The summed E-state index contributed by atoms with van der Waals surface area (Å²) >= 11 is 0. The SMILES string of the molecule is CCC(CN1CCCCC1)NC(=O)Cc1c(C)nn(-c2ccccc2C)c1C.O=C(O)CC(O)(CC(=O)O)C(=O)O. The van der Waals surface area contributed by atoms with Gasteiger partial charge in [-0.25, -0.2) is 9.48 Å². The number of carbonyl (C=O) groups is 4. The topological polar surface area (TPSA) is 182 Å². The Morgan fingerprint density at radius 3 is 2.07 bits per heavy atom. The number of aryl methyl sites for hydroxylation is 2. The van der Waals surface area contributed by atoms with E-state index in [1.165, 1.54) is 24.8 Å². The standard InChI is InChI=1S/C23H34N4O.C6H8O7/c1-5-20(16-26-13-9-6-10-14-26)24-23(28)15-21-18(3)25-27(19(21)4)22-12-8-7-11-17(22)2;7-3(8)1-6(13,5(11)12)2-4(9)10/h7-8,11-12,20H,5-6,9-10,13-16H2,1-4H3,(H,24,28);13H,1-2H2,(H,7,8)(H,9,10)(H,11,12). The molecule has 12 heteroatoms. The van der Waals surface area contributed by atoms with Gasteiger partial charge in [0.1, 0.15) is 0 Å². The van der Waals surface area contributed by atoms with E-state index in [9.17, 15) is 19.2 Å². The zero-order valence-corrected chi connectivity index (χ0v) is 24.2. The van der Waals surface area contributed by atoms with Crippen LogP contribution in [0.3, 0.4) is 0 Å². The fourth-order valence-corrected chi connectivity index (χ4v) is 4.85. The van der Waals surface area contributed by atoms with Crippen molar-refractivity contribution in [2.24, 2.45) is 0 Å². The van der Waals surface area contributed by atoms with Crippen LogP contribution in [-0.2, 0) is 25.6 Å². The third-order valence-corrected chi connectivity index (χ3v) is 7.19. The van der Waals surface area contributed by atoms with Crippen molar-refractivity contribution in [2.75, 3.05) is 19.6 Å². The Labute approximate surface area is 240 Å². The molecule has 41 heavy (non-hydrogen) atoms. The van der Waals surface area contributed by atoms with E-state index in [-0.39, 0.29) is 11.9 Å². The summed E-state index contributed by atoms with van der Waals surface area (Å²) < 4.78 is 1.97. The lowest BCUT2D eigenvalue weighted by Crippen LogP contribution is -2.45. The van der Waals surface area contributed by atoms with Crippen molar-refractivity contribution < 1.29 is 39.6 Å². The zero-order valence-electron chi connectivity index (χ0n) is 24.2. The van der Waals surface area contributed by atoms with Gasteiger partial charge in [-0.3, -0.25) is 14.4 Å². The van der Waals surface area contributed by atoms with Crippen LogP contribution in [0.1, 0.15) is 68.0 Å². The molecule has 1 atom stereocenters. The van der Waals surface area contributed by atoms with Gasteiger partial charge in [-0.15, -0.1) is 0 Å². The van der Waals surface area contributed by atoms with E-state index in [4.69, 9.17) is 25.5 Å². The van der Waals surface area contributed by atoms with Gasteiger partial charge < -0.3 is 30.6 Å². The van der Waals surface area contributed by atoms with Crippen LogP contribution >= 0.6 is 0 Å². The molecule has 2 aromatic rings. The summed E-state index contributed by atoms with van der Waals surface area (Å²) in [4.78, 5) is 45.7. The van der Waals surface area contributed by atoms with Gasteiger partial charge in [0.05, 0.1) is 30.6 Å². The number of aromatic nitrogens is 2. The molecular weight excluding hydrogens is 532 g/mol. The highest BCUT2D eigenvalue weighted by Crippen LogP contribution is 2.21. The first-order chi connectivity index (χ1) is 19.3. The Morgan fingerprint density at radius 2 is 1.56 bits per heavy atom. The zero-order chi connectivity index (χ0) is 30.7. The lowest BCUT2D eigenvalue weighted by Gasteiger charge is -2.30. The van der Waals surface area contributed by atoms with E-state index in [1.807, 2.05) is 23.7 Å². The number of carboxylic acid groups (broad SMARTS) is 3. The van der Waals surface area contributed by atoms with Crippen LogP contribution in [0.4, 0.5) is 0 Å². The second-order valence-corrected chi connectivity index (χ2v) is 10.5. The molecule has 0 bridgehead atoms. The number of rotatable bonds is 12. The summed E-state index contributed by atoms with van der Waals surface area (Å²) in [5, 5.41) is 41.8. The van der Waals surface area contributed by atoms with Crippen molar-refractivity contribution in [2.45, 2.75) is 84.3 Å². The first-order valence-electron chi connectivity index (χ1n) is 13.8. The molecule has 0 aliphatic carbocycles. The lowest BCUT2D eigenvalue weighted by atomic mass is 9.96. The van der Waals surface area contributed by atoms with Gasteiger partial charge in [0.2, 0.25) is 5.91 Å². The summed E-state index contributed by atoms with van der Waals surface area (Å²) in [7, 11) is 0. The maximum atomic E-state index is 12.8. The number of piperidine rings is 1. The number of amides is 1. The fourth-order valence-electron chi connectivity index (χ4n) is 4.85. The Kier molecular flexibility index (Phi) is 12.5. The molecule has 1 unspecified atom stereocenters. The molecule has 5 N–H and O–H groups in total. The molecule has 12 nitrogen and oxygen atoms in total. The van der Waals surface area contributed by atoms with Crippen LogP contribution in [0.5, 0.6) is 0 Å². The summed E-state index contributed by atoms with van der Waals surface area (Å²) in [6, 6.07) is 8.44. The Hall–Kier alpha value is -3.77. The molecule has 1 aliphatic heterocycles. The average molecular weight is 575 g/mol. The number of carbonyl (C=O) groups excluding carboxylic acids is 1. The predicted octanol–water partition coefficient (Wildman–Crippen LogP) is 2.47. The number of aliphatic carboxylic acids is 3. The summed E-state index contributed by atoms with van der Waals surface area (Å²) in [5.41, 5.74) is 2.53. The maximum absolute atomic E-state index is 12.8. The molecule has 0 radical (unpaired) electrons. The van der Waals surface area contributed by atoms with E-state index >= 15 is 0 Å². The van der Waals surface area contributed by atoms with E-state index in [2.05, 4.69) is 43.1 Å². The molecule has 3 rings (SSSR count). The quantitative estimate of drug-likeness (QED) is 0.252. The fraction of sp³-hybridized carbons (Fsp3) is 0.552. The molecule has 1 aromatic heterocycles. The molecule has 1 aromatic carbocycles. The number of hydrogen-bond acceptors (Lipinski definition) is 7. The highest BCUT2D eigenvalue weighted by molar-refractivity contribution is 5.88. The molecular formula is C29H42N4O8. The number of hydrogen-bond donors (Lipinski definition) is 5. The number of likely N-dealkylation sites (tertiary alicyclic amines) is 1. The third-order valence-electron chi connectivity index (χ3n) is 7.19. The van der Waals surface area contributed by atoms with Crippen molar-refractivity contribution >= 4 is 23.8 Å². The normalized spacial score (nSPS) is 14.5. The van der Waals surface area contributed by atoms with Crippen molar-refractivity contribution in [1.82, 2.24) is 20.0 Å². The van der Waals surface area contributed by atoms with Gasteiger partial charge >= 0.3 is 17.9 Å². The first-order valence-corrected chi connectivity index (χ1v) is 13.8. The number of benzene rings is 1.